The zero-order chi connectivity index (χ0) is 38.1. The van der Waals surface area contributed by atoms with E-state index in [0.29, 0.717) is 6.61 Å². The minimum Gasteiger partial charge on any atom is -0.494 e. The maximum atomic E-state index is 7.15. The normalized spacial score (nSPS) is 11.8. The van der Waals surface area contributed by atoms with Crippen molar-refractivity contribution in [1.82, 2.24) is 23.8 Å². The molecule has 0 saturated heterocycles. The molecule has 53 heavy (non-hydrogen) atoms. The lowest BCUT2D eigenvalue weighted by atomic mass is 9.98. The maximum Gasteiger partial charge on any atom is 0.119 e. The number of nitrogens with zero attached hydrogens (tertiary/aromatic N) is 6. The fourth-order valence-corrected chi connectivity index (χ4v) is 8.18. The molecule has 0 bridgehead atoms. The molecular weight excluding hydrogens is 699 g/mol. The molecule has 3 heterocycles. The topological polar surface area (TPSA) is 43.4 Å². The molecule has 0 aliphatic carbocycles. The van der Waals surface area contributed by atoms with Crippen LogP contribution >= 0.6 is 23.2 Å². The first kappa shape index (κ1) is 38.6. The number of aryl methyl sites for hydroxylation is 7. The summed E-state index contributed by atoms with van der Waals surface area (Å²) in [4.78, 5) is 4.62. The van der Waals surface area contributed by atoms with Gasteiger partial charge in [0, 0.05) is 90.5 Å². The third kappa shape index (κ3) is 7.75. The molecule has 0 spiro atoms. The second-order valence-electron chi connectivity index (χ2n) is 14.8. The van der Waals surface area contributed by atoms with E-state index in [2.05, 4.69) is 97.9 Å². The number of ether oxygens (including phenoxy) is 1. The standard InChI is InChI=1S/C44H54Cl2N6O/c1-11-39-36(14-12-23-53-34-25-29(3)43(46)30(4)26-34)37-15-16-38(45)42(41-31(5)47-50(10)32(41)6)44(37)52(39)19-13-18-49(9)33-24-28(2)35-17-20-51(40(35)27-33)22-21-48(7)8/h11,15-17,20,24-27H,1,12-14,18-19,21-23H2,2-10H3. The van der Waals surface area contributed by atoms with Gasteiger partial charge in [-0.05, 0) is 133 Å². The summed E-state index contributed by atoms with van der Waals surface area (Å²) in [5.74, 6) is 0.854. The van der Waals surface area contributed by atoms with Crippen molar-refractivity contribution in [2.45, 2.75) is 67.0 Å². The molecule has 0 aliphatic rings. The van der Waals surface area contributed by atoms with Crippen LogP contribution in [-0.4, -0.2) is 64.7 Å². The van der Waals surface area contributed by atoms with Gasteiger partial charge in [0.2, 0.25) is 0 Å². The Kier molecular flexibility index (Phi) is 11.7. The molecule has 0 unspecified atom stereocenters. The first-order valence-electron chi connectivity index (χ1n) is 18.6. The monoisotopic (exact) mass is 752 g/mol. The molecule has 0 saturated carbocycles. The van der Waals surface area contributed by atoms with E-state index in [1.807, 2.05) is 49.9 Å². The van der Waals surface area contributed by atoms with Gasteiger partial charge in [-0.1, -0.05) is 35.8 Å². The van der Waals surface area contributed by atoms with Crippen LogP contribution in [0.1, 0.15) is 52.2 Å². The van der Waals surface area contributed by atoms with Gasteiger partial charge in [-0.25, -0.2) is 0 Å². The van der Waals surface area contributed by atoms with E-state index in [1.165, 1.54) is 33.1 Å². The Morgan fingerprint density at radius 2 is 1.58 bits per heavy atom. The number of fused-ring (bicyclic) bond motifs is 2. The predicted octanol–water partition coefficient (Wildman–Crippen LogP) is 10.6. The number of hydrogen-bond acceptors (Lipinski definition) is 4. The molecule has 3 aromatic carbocycles. The Bertz CT molecular complexity index is 2270. The van der Waals surface area contributed by atoms with Crippen molar-refractivity contribution in [2.24, 2.45) is 7.05 Å². The summed E-state index contributed by atoms with van der Waals surface area (Å²) in [6.45, 7) is 19.1. The minimum atomic E-state index is 0.595. The lowest BCUT2D eigenvalue weighted by molar-refractivity contribution is 0.311. The smallest absolute Gasteiger partial charge is 0.119 e. The van der Waals surface area contributed by atoms with Crippen molar-refractivity contribution in [3.05, 3.63) is 105 Å². The first-order chi connectivity index (χ1) is 25.3. The third-order valence-corrected chi connectivity index (χ3v) is 11.6. The number of halogens is 2. The molecule has 0 fully saturated rings. The Morgan fingerprint density at radius 3 is 2.25 bits per heavy atom. The molecule has 7 nitrogen and oxygen atoms in total. The number of hydrogen-bond donors (Lipinski definition) is 0. The third-order valence-electron chi connectivity index (χ3n) is 10.7. The SMILES string of the molecule is C=Cc1c(CCCOc2cc(C)c(Cl)c(C)c2)c2ccc(Cl)c(-c3c(C)nn(C)c3C)c2n1CCCN(C)c1cc(C)c2ccn(CCN(C)C)c2c1. The highest BCUT2D eigenvalue weighted by molar-refractivity contribution is 6.35. The predicted molar refractivity (Wildman–Crippen MR) is 227 cm³/mol. The lowest BCUT2D eigenvalue weighted by Crippen LogP contribution is -2.21. The molecular formula is C44H54Cl2N6O. The van der Waals surface area contributed by atoms with E-state index in [9.17, 15) is 0 Å². The van der Waals surface area contributed by atoms with Crippen LogP contribution in [0.3, 0.4) is 0 Å². The highest BCUT2D eigenvalue weighted by atomic mass is 35.5. The van der Waals surface area contributed by atoms with E-state index in [4.69, 9.17) is 33.0 Å². The average molecular weight is 754 g/mol. The van der Waals surface area contributed by atoms with Crippen LogP contribution < -0.4 is 9.64 Å². The van der Waals surface area contributed by atoms with Crippen molar-refractivity contribution in [2.75, 3.05) is 45.7 Å². The largest absolute Gasteiger partial charge is 0.494 e. The van der Waals surface area contributed by atoms with E-state index in [0.717, 1.165) is 106 Å². The Balaban J connectivity index is 1.31. The van der Waals surface area contributed by atoms with Crippen molar-refractivity contribution < 1.29 is 4.74 Å². The van der Waals surface area contributed by atoms with Crippen LogP contribution in [0, 0.1) is 34.6 Å². The zero-order valence-electron chi connectivity index (χ0n) is 32.9. The highest BCUT2D eigenvalue weighted by Crippen LogP contribution is 2.42. The molecule has 6 aromatic rings. The second kappa shape index (κ2) is 16.1. The van der Waals surface area contributed by atoms with Crippen LogP contribution in [0.5, 0.6) is 5.75 Å². The van der Waals surface area contributed by atoms with Crippen molar-refractivity contribution in [1.29, 1.82) is 0 Å². The Hall–Kier alpha value is -4.17. The van der Waals surface area contributed by atoms with Gasteiger partial charge in [0.25, 0.3) is 0 Å². The van der Waals surface area contributed by atoms with Gasteiger partial charge >= 0.3 is 0 Å². The summed E-state index contributed by atoms with van der Waals surface area (Å²) in [6.07, 6.45) is 6.87. The van der Waals surface area contributed by atoms with Gasteiger partial charge < -0.3 is 23.7 Å². The summed E-state index contributed by atoms with van der Waals surface area (Å²) in [7, 11) is 8.45. The lowest BCUT2D eigenvalue weighted by Gasteiger charge is -2.22. The molecule has 0 atom stereocenters. The van der Waals surface area contributed by atoms with Gasteiger partial charge in [-0.3, -0.25) is 4.68 Å². The molecule has 0 aliphatic heterocycles. The molecule has 6 rings (SSSR count). The van der Waals surface area contributed by atoms with Gasteiger partial charge in [0.05, 0.1) is 28.4 Å². The number of aromatic nitrogens is 4. The van der Waals surface area contributed by atoms with E-state index < -0.39 is 0 Å². The molecule has 3 aromatic heterocycles. The summed E-state index contributed by atoms with van der Waals surface area (Å²) >= 11 is 13.6. The average Bonchev–Trinajstić information content (AvgIpc) is 3.75. The van der Waals surface area contributed by atoms with Gasteiger partial charge in [-0.2, -0.15) is 5.10 Å². The fourth-order valence-electron chi connectivity index (χ4n) is 7.82. The molecule has 9 heteroatoms. The van der Waals surface area contributed by atoms with Crippen molar-refractivity contribution in [3.63, 3.8) is 0 Å². The Morgan fingerprint density at radius 1 is 0.849 bits per heavy atom. The summed E-state index contributed by atoms with van der Waals surface area (Å²) in [5.41, 5.74) is 13.6. The van der Waals surface area contributed by atoms with E-state index in [-0.39, 0.29) is 0 Å². The highest BCUT2D eigenvalue weighted by Gasteiger charge is 2.24. The number of rotatable bonds is 15. The van der Waals surface area contributed by atoms with E-state index in [1.54, 1.807) is 0 Å². The van der Waals surface area contributed by atoms with Crippen LogP contribution in [0.4, 0.5) is 5.69 Å². The first-order valence-corrected chi connectivity index (χ1v) is 19.4. The molecule has 0 radical (unpaired) electrons. The van der Waals surface area contributed by atoms with Crippen LogP contribution in [0.25, 0.3) is 39.0 Å². The van der Waals surface area contributed by atoms with Crippen LogP contribution in [0.2, 0.25) is 10.0 Å². The number of anilines is 1. The number of benzene rings is 3. The molecule has 0 N–H and O–H groups in total. The zero-order valence-corrected chi connectivity index (χ0v) is 34.4. The summed E-state index contributed by atoms with van der Waals surface area (Å²) in [6, 6.07) is 15.2. The maximum absolute atomic E-state index is 7.15. The molecule has 280 valence electrons. The van der Waals surface area contributed by atoms with Crippen molar-refractivity contribution >= 4 is 56.8 Å². The summed E-state index contributed by atoms with van der Waals surface area (Å²) < 4.78 is 13.0. The fraction of sp³-hybridized carbons (Fsp3) is 0.386. The number of likely N-dealkylation sites (N-methyl/N-ethyl adjacent to an activating group) is 1. The van der Waals surface area contributed by atoms with Gasteiger partial charge in [-0.15, -0.1) is 0 Å². The van der Waals surface area contributed by atoms with Gasteiger partial charge in [0.1, 0.15) is 5.75 Å². The Labute approximate surface area is 325 Å². The molecule has 0 amide bonds. The summed E-state index contributed by atoms with van der Waals surface area (Å²) in [5, 5.41) is 8.83. The quantitative estimate of drug-likeness (QED) is 0.0980. The van der Waals surface area contributed by atoms with Crippen LogP contribution in [0.15, 0.2) is 55.2 Å². The minimum absolute atomic E-state index is 0.595. The van der Waals surface area contributed by atoms with Gasteiger partial charge in [0.15, 0.2) is 0 Å². The van der Waals surface area contributed by atoms with E-state index >= 15 is 0 Å². The van der Waals surface area contributed by atoms with Crippen molar-refractivity contribution in [3.8, 4) is 16.9 Å². The van der Waals surface area contributed by atoms with Crippen LogP contribution in [-0.2, 0) is 26.6 Å². The second-order valence-corrected chi connectivity index (χ2v) is 15.6.